The molecular weight excluding hydrogens is 394 g/mol. The van der Waals surface area contributed by atoms with Gasteiger partial charge in [0.1, 0.15) is 5.75 Å². The van der Waals surface area contributed by atoms with Gasteiger partial charge in [-0.25, -0.2) is 0 Å². The third-order valence-electron chi connectivity index (χ3n) is 5.18. The number of carbonyl (C=O) groups excluding carboxylic acids is 2. The maximum atomic E-state index is 12.6. The lowest BCUT2D eigenvalue weighted by molar-refractivity contribution is -0.00856. The zero-order chi connectivity index (χ0) is 21.9. The summed E-state index contributed by atoms with van der Waals surface area (Å²) in [6, 6.07) is 14.4. The second-order valence-electron chi connectivity index (χ2n) is 7.43. The molecule has 6 nitrogen and oxygen atoms in total. The van der Waals surface area contributed by atoms with Crippen LogP contribution >= 0.6 is 0 Å². The first-order chi connectivity index (χ1) is 15.2. The predicted molar refractivity (Wildman–Crippen MR) is 119 cm³/mol. The van der Waals surface area contributed by atoms with Crippen molar-refractivity contribution in [2.75, 3.05) is 27.1 Å². The van der Waals surface area contributed by atoms with Gasteiger partial charge in [-0.3, -0.25) is 9.59 Å². The summed E-state index contributed by atoms with van der Waals surface area (Å²) in [4.78, 5) is 24.9. The molecule has 0 unspecified atom stereocenters. The molecule has 2 aromatic carbocycles. The van der Waals surface area contributed by atoms with Crippen molar-refractivity contribution in [1.29, 1.82) is 0 Å². The number of hydrogen-bond acceptors (Lipinski definition) is 5. The Kier molecular flexibility index (Phi) is 8.82. The van der Waals surface area contributed by atoms with Gasteiger partial charge in [-0.1, -0.05) is 43.2 Å². The topological polar surface area (TPSA) is 73.9 Å². The average Bonchev–Trinajstić information content (AvgIpc) is 3.31. The summed E-state index contributed by atoms with van der Waals surface area (Å²) in [7, 11) is 1.61. The first-order valence-corrected chi connectivity index (χ1v) is 10.6. The molecule has 2 aromatic rings. The molecule has 164 valence electrons. The van der Waals surface area contributed by atoms with Crippen LogP contribution in [0, 0.1) is 0 Å². The minimum absolute atomic E-state index is 0.0831. The number of rotatable bonds is 11. The van der Waals surface area contributed by atoms with E-state index in [4.69, 9.17) is 14.2 Å². The molecule has 1 aliphatic rings. The summed E-state index contributed by atoms with van der Waals surface area (Å²) in [6.45, 7) is 1.05. The summed E-state index contributed by atoms with van der Waals surface area (Å²) in [5.74, 6) is 0.400. The van der Waals surface area contributed by atoms with E-state index in [-0.39, 0.29) is 24.5 Å². The zero-order valence-corrected chi connectivity index (χ0v) is 17.8. The number of allylic oxidation sites excluding steroid dienone is 1. The highest BCUT2D eigenvalue weighted by molar-refractivity contribution is 6.07. The van der Waals surface area contributed by atoms with Crippen molar-refractivity contribution in [2.45, 2.75) is 31.7 Å². The fraction of sp³-hybridized carbons (Fsp3) is 0.360. The number of ether oxygens (including phenoxy) is 3. The van der Waals surface area contributed by atoms with Gasteiger partial charge in [0, 0.05) is 29.8 Å². The maximum absolute atomic E-state index is 12.6. The normalized spacial score (nSPS) is 14.1. The molecule has 1 amide bonds. The SMILES string of the molecule is COCCOCOc1ccccc1C=CC(=O)c1ccc(C(=O)NC2CCCC2)cc1. The van der Waals surface area contributed by atoms with E-state index in [0.717, 1.165) is 18.4 Å². The molecule has 0 heterocycles. The van der Waals surface area contributed by atoms with Gasteiger partial charge in [0.25, 0.3) is 5.91 Å². The molecule has 1 fully saturated rings. The molecule has 0 saturated heterocycles. The van der Waals surface area contributed by atoms with Crippen molar-refractivity contribution in [1.82, 2.24) is 5.32 Å². The number of carbonyl (C=O) groups is 2. The van der Waals surface area contributed by atoms with Crippen molar-refractivity contribution < 1.29 is 23.8 Å². The van der Waals surface area contributed by atoms with E-state index in [1.807, 2.05) is 24.3 Å². The molecule has 3 rings (SSSR count). The quantitative estimate of drug-likeness (QED) is 0.253. The molecule has 6 heteroatoms. The van der Waals surface area contributed by atoms with Gasteiger partial charge >= 0.3 is 0 Å². The number of amides is 1. The molecule has 0 aromatic heterocycles. The minimum Gasteiger partial charge on any atom is -0.467 e. The summed E-state index contributed by atoms with van der Waals surface area (Å²) in [6.07, 6.45) is 7.63. The highest BCUT2D eigenvalue weighted by Gasteiger charge is 2.18. The number of ketones is 1. The van der Waals surface area contributed by atoms with Gasteiger partial charge in [-0.15, -0.1) is 0 Å². The Hall–Kier alpha value is -2.96. The smallest absolute Gasteiger partial charge is 0.251 e. The fourth-order valence-corrected chi connectivity index (χ4v) is 3.44. The van der Waals surface area contributed by atoms with Crippen molar-refractivity contribution in [2.24, 2.45) is 0 Å². The maximum Gasteiger partial charge on any atom is 0.251 e. The van der Waals surface area contributed by atoms with Gasteiger partial charge in [-0.2, -0.15) is 0 Å². The second kappa shape index (κ2) is 12.0. The van der Waals surface area contributed by atoms with E-state index >= 15 is 0 Å². The molecule has 1 N–H and O–H groups in total. The summed E-state index contributed by atoms with van der Waals surface area (Å²) in [5, 5.41) is 3.06. The summed E-state index contributed by atoms with van der Waals surface area (Å²) in [5.41, 5.74) is 1.87. The van der Waals surface area contributed by atoms with Gasteiger partial charge < -0.3 is 19.5 Å². The lowest BCUT2D eigenvalue weighted by Gasteiger charge is -2.11. The Bertz CT molecular complexity index is 885. The predicted octanol–water partition coefficient (Wildman–Crippen LogP) is 4.25. The summed E-state index contributed by atoms with van der Waals surface area (Å²) >= 11 is 0. The largest absolute Gasteiger partial charge is 0.467 e. The first-order valence-electron chi connectivity index (χ1n) is 10.6. The standard InChI is InChI=1S/C25H29NO5/c1-29-16-17-30-18-31-24-9-5-2-6-20(24)14-15-23(27)19-10-12-21(13-11-19)25(28)26-22-7-3-4-8-22/h2,5-6,9-15,22H,3-4,7-8,16-18H2,1H3,(H,26,28). The van der Waals surface area contributed by atoms with Crippen LogP contribution in [0.15, 0.2) is 54.6 Å². The minimum atomic E-state index is -0.145. The number of benzene rings is 2. The second-order valence-corrected chi connectivity index (χ2v) is 7.43. The average molecular weight is 424 g/mol. The van der Waals surface area contributed by atoms with Crippen molar-refractivity contribution in [3.8, 4) is 5.75 Å². The van der Waals surface area contributed by atoms with Crippen molar-refractivity contribution in [3.05, 3.63) is 71.3 Å². The number of methoxy groups -OCH3 is 1. The molecule has 0 spiro atoms. The van der Waals surface area contributed by atoms with Crippen molar-refractivity contribution >= 4 is 17.8 Å². The van der Waals surface area contributed by atoms with Crippen LogP contribution in [0.3, 0.4) is 0 Å². The number of hydrogen-bond donors (Lipinski definition) is 1. The highest BCUT2D eigenvalue weighted by atomic mass is 16.7. The third-order valence-corrected chi connectivity index (χ3v) is 5.18. The number of nitrogens with one attached hydrogen (secondary N) is 1. The highest BCUT2D eigenvalue weighted by Crippen LogP contribution is 2.20. The molecule has 1 aliphatic carbocycles. The molecule has 0 aliphatic heterocycles. The van der Waals surface area contributed by atoms with Crippen LogP contribution in [-0.4, -0.2) is 44.8 Å². The molecule has 1 saturated carbocycles. The Morgan fingerprint density at radius 2 is 1.71 bits per heavy atom. The van der Waals surface area contributed by atoms with Crippen LogP contribution in [-0.2, 0) is 9.47 Å². The van der Waals surface area contributed by atoms with Crippen LogP contribution in [0.4, 0.5) is 0 Å². The molecular formula is C25H29NO5. The molecule has 31 heavy (non-hydrogen) atoms. The van der Waals surface area contributed by atoms with E-state index in [1.54, 1.807) is 37.5 Å². The Morgan fingerprint density at radius 3 is 2.45 bits per heavy atom. The van der Waals surface area contributed by atoms with Gasteiger partial charge in [0.2, 0.25) is 0 Å². The third kappa shape index (κ3) is 7.05. The van der Waals surface area contributed by atoms with Crippen LogP contribution < -0.4 is 10.1 Å². The van der Waals surface area contributed by atoms with E-state index < -0.39 is 0 Å². The van der Waals surface area contributed by atoms with Crippen LogP contribution in [0.5, 0.6) is 5.75 Å². The monoisotopic (exact) mass is 423 g/mol. The molecule has 0 atom stereocenters. The van der Waals surface area contributed by atoms with E-state index in [0.29, 0.717) is 30.1 Å². The lowest BCUT2D eigenvalue weighted by Crippen LogP contribution is -2.32. The van der Waals surface area contributed by atoms with E-state index in [2.05, 4.69) is 5.32 Å². The van der Waals surface area contributed by atoms with Crippen LogP contribution in [0.1, 0.15) is 52.0 Å². The van der Waals surface area contributed by atoms with E-state index in [9.17, 15) is 9.59 Å². The Morgan fingerprint density at radius 1 is 1.00 bits per heavy atom. The molecule has 0 radical (unpaired) electrons. The first kappa shape index (κ1) is 22.7. The van der Waals surface area contributed by atoms with Gasteiger partial charge in [0.15, 0.2) is 12.6 Å². The van der Waals surface area contributed by atoms with Gasteiger partial charge in [-0.05, 0) is 43.2 Å². The Balaban J connectivity index is 1.56. The van der Waals surface area contributed by atoms with Gasteiger partial charge in [0.05, 0.1) is 13.2 Å². The lowest BCUT2D eigenvalue weighted by atomic mass is 10.1. The fourth-order valence-electron chi connectivity index (χ4n) is 3.44. The van der Waals surface area contributed by atoms with Crippen LogP contribution in [0.2, 0.25) is 0 Å². The van der Waals surface area contributed by atoms with Crippen molar-refractivity contribution in [3.63, 3.8) is 0 Å². The van der Waals surface area contributed by atoms with E-state index in [1.165, 1.54) is 18.9 Å². The Labute approximate surface area is 183 Å². The number of para-hydroxylation sites is 1. The van der Waals surface area contributed by atoms with Crippen LogP contribution in [0.25, 0.3) is 6.08 Å². The zero-order valence-electron chi connectivity index (χ0n) is 17.8. The summed E-state index contributed by atoms with van der Waals surface area (Å²) < 4.78 is 15.9. The molecule has 0 bridgehead atoms.